The number of carbonyl (C=O) groups excluding carboxylic acids is 2. The Morgan fingerprint density at radius 2 is 1.90 bits per heavy atom. The normalized spacial score (nSPS) is 21.3. The van der Waals surface area contributed by atoms with Gasteiger partial charge in [-0.2, -0.15) is 0 Å². The van der Waals surface area contributed by atoms with Gasteiger partial charge in [-0.15, -0.1) is 0 Å². The van der Waals surface area contributed by atoms with Gasteiger partial charge < -0.3 is 15.5 Å². The predicted molar refractivity (Wildman–Crippen MR) is 78.2 cm³/mol. The number of amides is 2. The van der Waals surface area contributed by atoms with Crippen molar-refractivity contribution in [1.29, 1.82) is 0 Å². The van der Waals surface area contributed by atoms with E-state index in [4.69, 9.17) is 0 Å². The van der Waals surface area contributed by atoms with E-state index < -0.39 is 0 Å². The van der Waals surface area contributed by atoms with E-state index in [0.29, 0.717) is 24.3 Å². The molecule has 0 aromatic heterocycles. The number of piperidine rings is 1. The fourth-order valence-electron chi connectivity index (χ4n) is 2.82. The number of hydrogen-bond acceptors (Lipinski definition) is 3. The van der Waals surface area contributed by atoms with E-state index in [1.165, 1.54) is 0 Å². The Morgan fingerprint density at radius 1 is 1.25 bits per heavy atom. The zero-order chi connectivity index (χ0) is 14.5. The third-order valence-corrected chi connectivity index (χ3v) is 4.43. The van der Waals surface area contributed by atoms with Gasteiger partial charge >= 0.3 is 0 Å². The van der Waals surface area contributed by atoms with Crippen LogP contribution >= 0.6 is 0 Å². The van der Waals surface area contributed by atoms with Crippen molar-refractivity contribution in [2.75, 3.05) is 26.7 Å². The Labute approximate surface area is 121 Å². The first kappa shape index (κ1) is 15.3. The van der Waals surface area contributed by atoms with E-state index in [-0.39, 0.29) is 18.4 Å². The van der Waals surface area contributed by atoms with Crippen LogP contribution in [0.25, 0.3) is 0 Å². The fourth-order valence-corrected chi connectivity index (χ4v) is 2.82. The van der Waals surface area contributed by atoms with Crippen molar-refractivity contribution in [3.63, 3.8) is 0 Å². The number of likely N-dealkylation sites (N-methyl/N-ethyl adjacent to an activating group) is 1. The first-order valence-electron chi connectivity index (χ1n) is 7.80. The van der Waals surface area contributed by atoms with Gasteiger partial charge in [0, 0.05) is 19.5 Å². The number of carbonyl (C=O) groups is 2. The average Bonchev–Trinajstić information content (AvgIpc) is 3.23. The summed E-state index contributed by atoms with van der Waals surface area (Å²) in [5.41, 5.74) is 0. The van der Waals surface area contributed by atoms with Gasteiger partial charge in [-0.05, 0) is 50.6 Å². The Morgan fingerprint density at radius 3 is 2.50 bits per heavy atom. The molecule has 1 unspecified atom stereocenters. The minimum absolute atomic E-state index is 0.0298. The zero-order valence-corrected chi connectivity index (χ0v) is 12.7. The summed E-state index contributed by atoms with van der Waals surface area (Å²) in [7, 11) is 1.73. The summed E-state index contributed by atoms with van der Waals surface area (Å²) in [6, 6.07) is 0.361. The molecule has 1 aliphatic carbocycles. The Bertz CT molecular complexity index is 349. The molecule has 5 nitrogen and oxygen atoms in total. The molecule has 2 N–H and O–H groups in total. The molecule has 1 heterocycles. The van der Waals surface area contributed by atoms with Crippen molar-refractivity contribution in [3.05, 3.63) is 0 Å². The van der Waals surface area contributed by atoms with E-state index in [1.54, 1.807) is 11.9 Å². The molecule has 2 aliphatic rings. The van der Waals surface area contributed by atoms with Crippen LogP contribution in [-0.4, -0.2) is 49.4 Å². The molecule has 114 valence electrons. The summed E-state index contributed by atoms with van der Waals surface area (Å²) >= 11 is 0. The second-order valence-electron chi connectivity index (χ2n) is 6.36. The standard InChI is InChI=1S/C15H27N3O2/c1-11(12-5-7-16-8-6-12)9-15(20)18(2)10-14(19)17-13-3-4-13/h11-13,16H,3-10H2,1-2H3,(H,17,19). The van der Waals surface area contributed by atoms with Crippen LogP contribution in [0, 0.1) is 11.8 Å². The minimum atomic E-state index is -0.0298. The average molecular weight is 281 g/mol. The fraction of sp³-hybridized carbons (Fsp3) is 0.867. The molecule has 1 atom stereocenters. The molecule has 1 aliphatic heterocycles. The van der Waals surface area contributed by atoms with Crippen LogP contribution in [0.3, 0.4) is 0 Å². The maximum Gasteiger partial charge on any atom is 0.239 e. The molecular weight excluding hydrogens is 254 g/mol. The second-order valence-corrected chi connectivity index (χ2v) is 6.36. The summed E-state index contributed by atoms with van der Waals surface area (Å²) in [5.74, 6) is 1.09. The molecule has 20 heavy (non-hydrogen) atoms. The molecule has 2 amide bonds. The topological polar surface area (TPSA) is 61.4 Å². The number of rotatable bonds is 6. The summed E-state index contributed by atoms with van der Waals surface area (Å²) in [6.07, 6.45) is 5.02. The van der Waals surface area contributed by atoms with Crippen molar-refractivity contribution >= 4 is 11.8 Å². The maximum atomic E-state index is 12.2. The summed E-state index contributed by atoms with van der Waals surface area (Å²) in [4.78, 5) is 25.4. The summed E-state index contributed by atoms with van der Waals surface area (Å²) in [5, 5.41) is 6.26. The van der Waals surface area contributed by atoms with Gasteiger partial charge in [0.15, 0.2) is 0 Å². The quantitative estimate of drug-likeness (QED) is 0.755. The van der Waals surface area contributed by atoms with Crippen LogP contribution in [0.4, 0.5) is 0 Å². The van der Waals surface area contributed by atoms with Crippen LogP contribution in [0.5, 0.6) is 0 Å². The largest absolute Gasteiger partial charge is 0.352 e. The lowest BCUT2D eigenvalue weighted by molar-refractivity contribution is -0.135. The zero-order valence-electron chi connectivity index (χ0n) is 12.7. The van der Waals surface area contributed by atoms with E-state index in [2.05, 4.69) is 17.6 Å². The van der Waals surface area contributed by atoms with E-state index in [9.17, 15) is 9.59 Å². The monoisotopic (exact) mass is 281 g/mol. The lowest BCUT2D eigenvalue weighted by Crippen LogP contribution is -2.40. The third-order valence-electron chi connectivity index (χ3n) is 4.43. The van der Waals surface area contributed by atoms with Crippen molar-refractivity contribution < 1.29 is 9.59 Å². The molecule has 2 rings (SSSR count). The third kappa shape index (κ3) is 4.78. The smallest absolute Gasteiger partial charge is 0.239 e. The molecule has 5 heteroatoms. The van der Waals surface area contributed by atoms with Crippen molar-refractivity contribution in [2.45, 2.75) is 45.1 Å². The molecule has 1 saturated heterocycles. The van der Waals surface area contributed by atoms with Gasteiger partial charge in [-0.25, -0.2) is 0 Å². The highest BCUT2D eigenvalue weighted by atomic mass is 16.2. The molecule has 0 radical (unpaired) electrons. The van der Waals surface area contributed by atoms with Crippen LogP contribution in [0.2, 0.25) is 0 Å². The Kier molecular flexibility index (Phi) is 5.40. The van der Waals surface area contributed by atoms with Gasteiger partial charge in [-0.3, -0.25) is 9.59 Å². The summed E-state index contributed by atoms with van der Waals surface area (Å²) in [6.45, 7) is 4.46. The highest BCUT2D eigenvalue weighted by Crippen LogP contribution is 2.24. The molecule has 0 bridgehead atoms. The maximum absolute atomic E-state index is 12.2. The van der Waals surface area contributed by atoms with Gasteiger partial charge in [0.05, 0.1) is 6.54 Å². The van der Waals surface area contributed by atoms with Crippen LogP contribution in [-0.2, 0) is 9.59 Å². The Balaban J connectivity index is 1.70. The minimum Gasteiger partial charge on any atom is -0.352 e. The first-order chi connectivity index (χ1) is 9.56. The lowest BCUT2D eigenvalue weighted by Gasteiger charge is -2.29. The van der Waals surface area contributed by atoms with Crippen LogP contribution in [0.15, 0.2) is 0 Å². The van der Waals surface area contributed by atoms with Crippen molar-refractivity contribution in [1.82, 2.24) is 15.5 Å². The van der Waals surface area contributed by atoms with E-state index in [1.807, 2.05) is 0 Å². The van der Waals surface area contributed by atoms with E-state index in [0.717, 1.165) is 38.8 Å². The van der Waals surface area contributed by atoms with Gasteiger partial charge in [0.25, 0.3) is 0 Å². The molecule has 0 aromatic carbocycles. The Hall–Kier alpha value is -1.10. The molecule has 0 spiro atoms. The molecule has 1 saturated carbocycles. The van der Waals surface area contributed by atoms with Crippen LogP contribution in [0.1, 0.15) is 39.0 Å². The number of hydrogen-bond donors (Lipinski definition) is 2. The van der Waals surface area contributed by atoms with Crippen LogP contribution < -0.4 is 10.6 Å². The number of nitrogens with one attached hydrogen (secondary N) is 2. The first-order valence-corrected chi connectivity index (χ1v) is 7.80. The molecule has 2 fully saturated rings. The second kappa shape index (κ2) is 7.07. The SMILES string of the molecule is CC(CC(=O)N(C)CC(=O)NC1CC1)C1CCNCC1. The highest BCUT2D eigenvalue weighted by Gasteiger charge is 2.26. The molecule has 0 aromatic rings. The van der Waals surface area contributed by atoms with Gasteiger partial charge in [-0.1, -0.05) is 6.92 Å². The van der Waals surface area contributed by atoms with Crippen molar-refractivity contribution in [3.8, 4) is 0 Å². The van der Waals surface area contributed by atoms with Gasteiger partial charge in [0.1, 0.15) is 0 Å². The predicted octanol–water partition coefficient (Wildman–Crippen LogP) is 0.749. The molecular formula is C15H27N3O2. The number of nitrogens with zero attached hydrogens (tertiary/aromatic N) is 1. The van der Waals surface area contributed by atoms with Gasteiger partial charge in [0.2, 0.25) is 11.8 Å². The highest BCUT2D eigenvalue weighted by molar-refractivity contribution is 5.85. The summed E-state index contributed by atoms with van der Waals surface area (Å²) < 4.78 is 0. The van der Waals surface area contributed by atoms with Crippen molar-refractivity contribution in [2.24, 2.45) is 11.8 Å². The lowest BCUT2D eigenvalue weighted by atomic mass is 9.84. The van der Waals surface area contributed by atoms with E-state index >= 15 is 0 Å².